The maximum atomic E-state index is 13.3. The molecule has 0 radical (unpaired) electrons. The molecule has 206 valence electrons. The lowest BCUT2D eigenvalue weighted by molar-refractivity contribution is -0.140. The number of alkyl halides is 3. The number of halogens is 4. The van der Waals surface area contributed by atoms with E-state index in [-0.39, 0.29) is 11.9 Å². The van der Waals surface area contributed by atoms with Gasteiger partial charge in [-0.05, 0) is 38.3 Å². The van der Waals surface area contributed by atoms with Crippen LogP contribution in [-0.2, 0) is 12.6 Å². The number of hydrogen-bond donors (Lipinski definition) is 0. The molecule has 0 saturated heterocycles. The van der Waals surface area contributed by atoms with Crippen molar-refractivity contribution >= 4 is 17.1 Å². The second kappa shape index (κ2) is 9.88. The molecular weight excluding hydrogens is 543 g/mol. The first-order valence-corrected chi connectivity index (χ1v) is 13.2. The number of fused-ring (bicyclic) bond motifs is 1. The zero-order valence-electron chi connectivity index (χ0n) is 21.9. The molecular formula is C28H25ClF3N7O. The lowest BCUT2D eigenvalue weighted by Gasteiger charge is -2.12. The molecule has 8 nitrogen and oxygen atoms in total. The van der Waals surface area contributed by atoms with Crippen LogP contribution in [-0.4, -0.2) is 41.2 Å². The van der Waals surface area contributed by atoms with E-state index in [1.807, 2.05) is 32.0 Å². The monoisotopic (exact) mass is 567 g/mol. The zero-order valence-corrected chi connectivity index (χ0v) is 22.7. The molecule has 0 N–H and O–H groups in total. The molecule has 1 aliphatic rings. The van der Waals surface area contributed by atoms with Crippen LogP contribution in [0.5, 0.6) is 5.88 Å². The Morgan fingerprint density at radius 3 is 2.50 bits per heavy atom. The molecule has 0 spiro atoms. The Bertz CT molecular complexity index is 1710. The van der Waals surface area contributed by atoms with Gasteiger partial charge in [0, 0.05) is 35.8 Å². The van der Waals surface area contributed by atoms with Crippen LogP contribution < -0.4 is 4.74 Å². The Kier molecular flexibility index (Phi) is 6.48. The maximum absolute atomic E-state index is 13.3. The molecule has 1 saturated carbocycles. The Balaban J connectivity index is 1.34. The summed E-state index contributed by atoms with van der Waals surface area (Å²) in [6.07, 6.45) is 2.27. The van der Waals surface area contributed by atoms with Crippen LogP contribution >= 0.6 is 11.6 Å². The molecule has 0 unspecified atom stereocenters. The van der Waals surface area contributed by atoms with E-state index in [0.717, 1.165) is 36.0 Å². The fraction of sp³-hybridized carbons (Fsp3) is 0.321. The standard InChI is InChI=1S/C28H25ClF3N7O/c1-15(2)38-13-22(28(30,31)32)36-26(38)18-6-4-16(5-7-18)10-19-11-20(29)21-12-33-25(37-39(19)21)23-24(17-8-9-17)34-14-35-27(23)40-3/h4-7,11-15,17H,8-10H2,1-3H3. The SMILES string of the molecule is COc1ncnc(C2CC2)c1-c1ncc2c(Cl)cc(Cc3ccc(-c4nc(C(F)(F)F)cn4C(C)C)cc3)n2n1. The highest BCUT2D eigenvalue weighted by Gasteiger charge is 2.35. The van der Waals surface area contributed by atoms with Gasteiger partial charge >= 0.3 is 6.18 Å². The average Bonchev–Trinajstić information content (AvgIpc) is 3.60. The van der Waals surface area contributed by atoms with Crippen LogP contribution in [0.1, 0.15) is 61.3 Å². The molecule has 4 heterocycles. The summed E-state index contributed by atoms with van der Waals surface area (Å²) < 4.78 is 48.8. The largest absolute Gasteiger partial charge is 0.480 e. The molecule has 1 aromatic carbocycles. The molecule has 1 aliphatic carbocycles. The second-order valence-electron chi connectivity index (χ2n) is 10.1. The van der Waals surface area contributed by atoms with Gasteiger partial charge < -0.3 is 9.30 Å². The number of aromatic nitrogens is 7. The van der Waals surface area contributed by atoms with Gasteiger partial charge in [0.1, 0.15) is 23.2 Å². The molecule has 6 rings (SSSR count). The van der Waals surface area contributed by atoms with Gasteiger partial charge in [0.25, 0.3) is 0 Å². The lowest BCUT2D eigenvalue weighted by atomic mass is 10.1. The zero-order chi connectivity index (χ0) is 28.2. The van der Waals surface area contributed by atoms with E-state index >= 15 is 0 Å². The molecule has 0 aliphatic heterocycles. The fourth-order valence-corrected chi connectivity index (χ4v) is 5.04. The smallest absolute Gasteiger partial charge is 0.434 e. The molecule has 0 atom stereocenters. The summed E-state index contributed by atoms with van der Waals surface area (Å²) in [5, 5.41) is 5.31. The van der Waals surface area contributed by atoms with Gasteiger partial charge in [-0.2, -0.15) is 13.2 Å². The van der Waals surface area contributed by atoms with Gasteiger partial charge in [-0.3, -0.25) is 0 Å². The Morgan fingerprint density at radius 2 is 1.85 bits per heavy atom. The first-order valence-electron chi connectivity index (χ1n) is 12.8. The van der Waals surface area contributed by atoms with Crippen LogP contribution in [0.2, 0.25) is 5.02 Å². The van der Waals surface area contributed by atoms with E-state index in [9.17, 15) is 13.2 Å². The van der Waals surface area contributed by atoms with E-state index in [2.05, 4.69) is 19.9 Å². The van der Waals surface area contributed by atoms with Gasteiger partial charge in [-0.1, -0.05) is 35.9 Å². The van der Waals surface area contributed by atoms with E-state index in [1.54, 1.807) is 30.0 Å². The van der Waals surface area contributed by atoms with Crippen molar-refractivity contribution in [3.8, 4) is 28.7 Å². The normalized spacial score (nSPS) is 13.9. The van der Waals surface area contributed by atoms with Crippen LogP contribution in [0.4, 0.5) is 13.2 Å². The van der Waals surface area contributed by atoms with Crippen molar-refractivity contribution in [3.63, 3.8) is 0 Å². The predicted octanol–water partition coefficient (Wildman–Crippen LogP) is 6.78. The summed E-state index contributed by atoms with van der Waals surface area (Å²) in [5.74, 6) is 1.46. The van der Waals surface area contributed by atoms with Gasteiger partial charge in [-0.15, -0.1) is 5.10 Å². The quantitative estimate of drug-likeness (QED) is 0.216. The summed E-state index contributed by atoms with van der Waals surface area (Å²) >= 11 is 6.53. The number of benzene rings is 1. The third kappa shape index (κ3) is 4.78. The third-order valence-electron chi connectivity index (χ3n) is 6.94. The number of imidazole rings is 1. The van der Waals surface area contributed by atoms with Crippen LogP contribution in [0.15, 0.2) is 49.1 Å². The van der Waals surface area contributed by atoms with Crippen molar-refractivity contribution in [1.29, 1.82) is 0 Å². The minimum absolute atomic E-state index is 0.185. The first kappa shape index (κ1) is 26.2. The van der Waals surface area contributed by atoms with Crippen molar-refractivity contribution in [2.75, 3.05) is 7.11 Å². The number of hydrogen-bond acceptors (Lipinski definition) is 6. The summed E-state index contributed by atoms with van der Waals surface area (Å²) in [5.41, 5.74) is 3.64. The summed E-state index contributed by atoms with van der Waals surface area (Å²) in [4.78, 5) is 17.2. The van der Waals surface area contributed by atoms with Crippen molar-refractivity contribution < 1.29 is 17.9 Å². The molecule has 0 amide bonds. The van der Waals surface area contributed by atoms with Crippen LogP contribution in [0.25, 0.3) is 28.3 Å². The fourth-order valence-electron chi connectivity index (χ4n) is 4.79. The Hall–Kier alpha value is -3.99. The van der Waals surface area contributed by atoms with Crippen molar-refractivity contribution in [1.82, 2.24) is 34.1 Å². The van der Waals surface area contributed by atoms with Crippen molar-refractivity contribution in [2.24, 2.45) is 0 Å². The van der Waals surface area contributed by atoms with E-state index in [0.29, 0.717) is 45.7 Å². The molecule has 0 bridgehead atoms. The minimum atomic E-state index is -4.51. The topological polar surface area (TPSA) is 83.0 Å². The Labute approximate surface area is 232 Å². The van der Waals surface area contributed by atoms with Gasteiger partial charge in [-0.25, -0.2) is 24.5 Å². The third-order valence-corrected chi connectivity index (χ3v) is 7.24. The molecule has 1 fully saturated rings. The second-order valence-corrected chi connectivity index (χ2v) is 10.5. The van der Waals surface area contributed by atoms with E-state index in [1.165, 1.54) is 10.9 Å². The first-order chi connectivity index (χ1) is 19.1. The predicted molar refractivity (Wildman–Crippen MR) is 143 cm³/mol. The molecule has 5 aromatic rings. The number of ether oxygens (including phenoxy) is 1. The lowest BCUT2D eigenvalue weighted by Crippen LogP contribution is -2.06. The highest BCUT2D eigenvalue weighted by Crippen LogP contribution is 2.45. The minimum Gasteiger partial charge on any atom is -0.480 e. The van der Waals surface area contributed by atoms with Crippen molar-refractivity contribution in [3.05, 3.63) is 76.7 Å². The van der Waals surface area contributed by atoms with Crippen LogP contribution in [0, 0.1) is 0 Å². The highest BCUT2D eigenvalue weighted by molar-refractivity contribution is 6.34. The average molecular weight is 568 g/mol. The van der Waals surface area contributed by atoms with Crippen molar-refractivity contribution in [2.45, 2.75) is 51.2 Å². The summed E-state index contributed by atoms with van der Waals surface area (Å²) in [7, 11) is 1.56. The Morgan fingerprint density at radius 1 is 1.10 bits per heavy atom. The number of methoxy groups -OCH3 is 1. The number of rotatable bonds is 7. The van der Waals surface area contributed by atoms with Gasteiger partial charge in [0.2, 0.25) is 5.88 Å². The molecule has 4 aromatic heterocycles. The van der Waals surface area contributed by atoms with Gasteiger partial charge in [0.05, 0.1) is 24.0 Å². The molecule has 12 heteroatoms. The van der Waals surface area contributed by atoms with E-state index < -0.39 is 11.9 Å². The van der Waals surface area contributed by atoms with E-state index in [4.69, 9.17) is 21.4 Å². The number of nitrogens with zero attached hydrogens (tertiary/aromatic N) is 7. The maximum Gasteiger partial charge on any atom is 0.434 e. The summed E-state index contributed by atoms with van der Waals surface area (Å²) in [6, 6.07) is 8.96. The highest BCUT2D eigenvalue weighted by atomic mass is 35.5. The van der Waals surface area contributed by atoms with Gasteiger partial charge in [0.15, 0.2) is 11.5 Å². The summed E-state index contributed by atoms with van der Waals surface area (Å²) in [6.45, 7) is 3.64. The van der Waals surface area contributed by atoms with Crippen LogP contribution in [0.3, 0.4) is 0 Å². The molecule has 40 heavy (non-hydrogen) atoms.